The van der Waals surface area contributed by atoms with E-state index in [4.69, 9.17) is 5.73 Å². The minimum atomic E-state index is 0.653. The van der Waals surface area contributed by atoms with Crippen LogP contribution in [0.5, 0.6) is 0 Å². The van der Waals surface area contributed by atoms with Gasteiger partial charge in [0.2, 0.25) is 0 Å². The zero-order valence-corrected chi connectivity index (χ0v) is 5.52. The van der Waals surface area contributed by atoms with E-state index in [1.54, 1.807) is 0 Å². The van der Waals surface area contributed by atoms with Crippen molar-refractivity contribution >= 4 is 5.69 Å². The molecule has 1 radical (unpaired) electrons. The Morgan fingerprint density at radius 1 is 1.33 bits per heavy atom. The van der Waals surface area contributed by atoms with E-state index in [0.717, 1.165) is 12.0 Å². The van der Waals surface area contributed by atoms with Gasteiger partial charge in [0, 0.05) is 0 Å². The van der Waals surface area contributed by atoms with Crippen LogP contribution in [0, 0.1) is 0 Å². The van der Waals surface area contributed by atoms with Crippen molar-refractivity contribution in [3.63, 3.8) is 0 Å². The highest BCUT2D eigenvalue weighted by atomic mass is 14.5. The smallest absolute Gasteiger partial charge is 0.0571 e. The van der Waals surface area contributed by atoms with Crippen molar-refractivity contribution < 1.29 is 0 Å². The lowest BCUT2D eigenvalue weighted by Gasteiger charge is -1.97. The molecule has 0 aromatic heterocycles. The molecule has 0 saturated carbocycles. The van der Waals surface area contributed by atoms with Crippen LogP contribution in [-0.2, 0) is 6.42 Å². The molecule has 0 bridgehead atoms. The van der Waals surface area contributed by atoms with Crippen LogP contribution in [0.4, 0.5) is 5.69 Å². The van der Waals surface area contributed by atoms with Crippen molar-refractivity contribution in [2.45, 2.75) is 13.3 Å². The van der Waals surface area contributed by atoms with Crippen molar-refractivity contribution in [3.05, 3.63) is 29.8 Å². The monoisotopic (exact) mass is 120 g/mol. The minimum absolute atomic E-state index is 0.653. The van der Waals surface area contributed by atoms with Crippen molar-refractivity contribution in [1.82, 2.24) is 5.73 Å². The molecule has 1 nitrogen and oxygen atoms in total. The molecule has 0 atom stereocenters. The SMILES string of the molecule is CCc1ccccc1[NH]. The predicted octanol–water partition coefficient (Wildman–Crippen LogP) is 2.16. The Balaban J connectivity index is 3.01. The van der Waals surface area contributed by atoms with Crippen LogP contribution in [0.15, 0.2) is 24.3 Å². The van der Waals surface area contributed by atoms with Crippen LogP contribution < -0.4 is 5.73 Å². The van der Waals surface area contributed by atoms with Crippen LogP contribution in [0.25, 0.3) is 0 Å². The predicted molar refractivity (Wildman–Crippen MR) is 38.6 cm³/mol. The Hall–Kier alpha value is -0.980. The standard InChI is InChI=1S/C8H10N/c1-2-7-5-3-4-6-8(7)9/h3-6,9H,2H2,1H3. The van der Waals surface area contributed by atoms with Gasteiger partial charge in [-0.3, -0.25) is 0 Å². The Morgan fingerprint density at radius 2 is 2.00 bits per heavy atom. The molecule has 0 spiro atoms. The Morgan fingerprint density at radius 3 is 2.44 bits per heavy atom. The first-order chi connectivity index (χ1) is 4.34. The van der Waals surface area contributed by atoms with Gasteiger partial charge in [-0.05, 0) is 18.1 Å². The molecule has 1 N–H and O–H groups in total. The Kier molecular flexibility index (Phi) is 1.73. The molecule has 47 valence electrons. The highest BCUT2D eigenvalue weighted by molar-refractivity contribution is 5.42. The zero-order chi connectivity index (χ0) is 6.69. The molecule has 0 unspecified atom stereocenters. The molecule has 0 aliphatic heterocycles. The summed E-state index contributed by atoms with van der Waals surface area (Å²) in [6.45, 7) is 2.06. The topological polar surface area (TPSA) is 23.8 Å². The van der Waals surface area contributed by atoms with Gasteiger partial charge in [-0.25, -0.2) is 0 Å². The normalized spacial score (nSPS) is 9.44. The fourth-order valence-corrected chi connectivity index (χ4v) is 0.829. The third kappa shape index (κ3) is 1.22. The molecule has 0 fully saturated rings. The van der Waals surface area contributed by atoms with Gasteiger partial charge in [-0.1, -0.05) is 25.1 Å². The number of hydrogen-bond donors (Lipinski definition) is 0. The van der Waals surface area contributed by atoms with E-state index in [2.05, 4.69) is 6.92 Å². The first kappa shape index (κ1) is 6.14. The van der Waals surface area contributed by atoms with E-state index in [9.17, 15) is 0 Å². The van der Waals surface area contributed by atoms with E-state index in [1.165, 1.54) is 0 Å². The third-order valence-electron chi connectivity index (χ3n) is 1.40. The van der Waals surface area contributed by atoms with Gasteiger partial charge < -0.3 is 5.73 Å². The molecule has 1 heteroatoms. The van der Waals surface area contributed by atoms with E-state index < -0.39 is 0 Å². The summed E-state index contributed by atoms with van der Waals surface area (Å²) >= 11 is 0. The molecule has 9 heavy (non-hydrogen) atoms. The second-order valence-electron chi connectivity index (χ2n) is 2.01. The summed E-state index contributed by atoms with van der Waals surface area (Å²) in [5.41, 5.74) is 9.15. The highest BCUT2D eigenvalue weighted by Crippen LogP contribution is 2.11. The number of hydrogen-bond acceptors (Lipinski definition) is 0. The number of nitrogens with one attached hydrogen (secondary N) is 1. The molecule has 0 amide bonds. The summed E-state index contributed by atoms with van der Waals surface area (Å²) in [6, 6.07) is 7.67. The lowest BCUT2D eigenvalue weighted by atomic mass is 10.1. The van der Waals surface area contributed by atoms with Crippen LogP contribution in [0.1, 0.15) is 12.5 Å². The minimum Gasteiger partial charge on any atom is -0.301 e. The first-order valence-electron chi connectivity index (χ1n) is 3.14. The number of aryl methyl sites for hydroxylation is 1. The summed E-state index contributed by atoms with van der Waals surface area (Å²) in [5, 5.41) is 0. The average molecular weight is 120 g/mol. The molecule has 0 heterocycles. The Bertz CT molecular complexity index is 194. The summed E-state index contributed by atoms with van der Waals surface area (Å²) in [5.74, 6) is 0. The van der Waals surface area contributed by atoms with Gasteiger partial charge >= 0.3 is 0 Å². The van der Waals surface area contributed by atoms with E-state index in [-0.39, 0.29) is 0 Å². The second kappa shape index (κ2) is 2.53. The molecular formula is C8H10N. The van der Waals surface area contributed by atoms with Crippen LogP contribution in [0.3, 0.4) is 0 Å². The largest absolute Gasteiger partial charge is 0.301 e. The van der Waals surface area contributed by atoms with Crippen molar-refractivity contribution in [2.24, 2.45) is 0 Å². The van der Waals surface area contributed by atoms with Crippen molar-refractivity contribution in [3.8, 4) is 0 Å². The second-order valence-corrected chi connectivity index (χ2v) is 2.01. The lowest BCUT2D eigenvalue weighted by molar-refractivity contribution is 1.13. The van der Waals surface area contributed by atoms with E-state index in [0.29, 0.717) is 5.69 Å². The summed E-state index contributed by atoms with van der Waals surface area (Å²) in [7, 11) is 0. The maximum absolute atomic E-state index is 7.37. The maximum atomic E-state index is 7.37. The van der Waals surface area contributed by atoms with Gasteiger partial charge in [0.1, 0.15) is 0 Å². The number of benzene rings is 1. The maximum Gasteiger partial charge on any atom is 0.0571 e. The van der Waals surface area contributed by atoms with Crippen molar-refractivity contribution in [2.75, 3.05) is 0 Å². The molecule has 0 aliphatic carbocycles. The fourth-order valence-electron chi connectivity index (χ4n) is 0.829. The molecule has 1 rings (SSSR count). The lowest BCUT2D eigenvalue weighted by Crippen LogP contribution is -1.80. The molecule has 1 aromatic rings. The van der Waals surface area contributed by atoms with Crippen LogP contribution >= 0.6 is 0 Å². The molecular weight excluding hydrogens is 110 g/mol. The molecule has 0 aliphatic rings. The van der Waals surface area contributed by atoms with Crippen LogP contribution in [-0.4, -0.2) is 0 Å². The van der Waals surface area contributed by atoms with E-state index in [1.807, 2.05) is 24.3 Å². The van der Waals surface area contributed by atoms with Gasteiger partial charge in [-0.15, -0.1) is 0 Å². The Labute approximate surface area is 55.5 Å². The average Bonchev–Trinajstić information content (AvgIpc) is 1.89. The summed E-state index contributed by atoms with van der Waals surface area (Å²) in [6.07, 6.45) is 0.958. The highest BCUT2D eigenvalue weighted by Gasteiger charge is 1.91. The van der Waals surface area contributed by atoms with Crippen molar-refractivity contribution in [1.29, 1.82) is 0 Å². The summed E-state index contributed by atoms with van der Waals surface area (Å²) in [4.78, 5) is 0. The number of rotatable bonds is 1. The molecule has 1 aromatic carbocycles. The van der Waals surface area contributed by atoms with Gasteiger partial charge in [0.15, 0.2) is 0 Å². The van der Waals surface area contributed by atoms with E-state index >= 15 is 0 Å². The first-order valence-corrected chi connectivity index (χ1v) is 3.14. The third-order valence-corrected chi connectivity index (χ3v) is 1.40. The van der Waals surface area contributed by atoms with Gasteiger partial charge in [0.05, 0.1) is 5.69 Å². The van der Waals surface area contributed by atoms with Gasteiger partial charge in [0.25, 0.3) is 0 Å². The van der Waals surface area contributed by atoms with Gasteiger partial charge in [-0.2, -0.15) is 0 Å². The quantitative estimate of drug-likeness (QED) is 0.542. The summed E-state index contributed by atoms with van der Waals surface area (Å²) < 4.78 is 0. The fraction of sp³-hybridized carbons (Fsp3) is 0.250. The van der Waals surface area contributed by atoms with Crippen LogP contribution in [0.2, 0.25) is 0 Å². The molecule has 0 saturated heterocycles. The zero-order valence-electron chi connectivity index (χ0n) is 5.52.